The molecule has 1 aromatic carbocycles. The molecule has 1 amide bonds. The molecule has 0 fully saturated rings. The van der Waals surface area contributed by atoms with E-state index in [1.807, 2.05) is 0 Å². The first-order valence-electron chi connectivity index (χ1n) is 5.17. The van der Waals surface area contributed by atoms with Crippen molar-refractivity contribution < 1.29 is 22.4 Å². The van der Waals surface area contributed by atoms with Gasteiger partial charge in [0.1, 0.15) is 10.8 Å². The molecule has 0 spiro atoms. The van der Waals surface area contributed by atoms with Crippen LogP contribution in [0.1, 0.15) is 16.2 Å². The number of aromatic amines is 1. The molecule has 9 heteroatoms. The average molecular weight is 308 g/mol. The third-order valence-corrected chi connectivity index (χ3v) is 2.68. The minimum atomic E-state index is -4.74. The van der Waals surface area contributed by atoms with Crippen molar-refractivity contribution in [2.45, 2.75) is 6.18 Å². The maximum atomic E-state index is 12.7. The Balaban J connectivity index is 2.22. The highest BCUT2D eigenvalue weighted by Gasteiger charge is 2.38. The lowest BCUT2D eigenvalue weighted by Crippen LogP contribution is -2.13. The summed E-state index contributed by atoms with van der Waals surface area (Å²) in [4.78, 5) is 11.7. The summed E-state index contributed by atoms with van der Waals surface area (Å²) in [7, 11) is 0. The Morgan fingerprint density at radius 2 is 1.85 bits per heavy atom. The van der Waals surface area contributed by atoms with Crippen LogP contribution >= 0.6 is 11.6 Å². The molecule has 0 aliphatic heterocycles. The summed E-state index contributed by atoms with van der Waals surface area (Å²) in [6, 6.07) is 4.67. The van der Waals surface area contributed by atoms with Crippen molar-refractivity contribution in [2.75, 3.05) is 5.32 Å². The van der Waals surface area contributed by atoms with Crippen molar-refractivity contribution in [2.24, 2.45) is 0 Å². The normalized spacial score (nSPS) is 11.4. The third-order valence-electron chi connectivity index (χ3n) is 2.31. The van der Waals surface area contributed by atoms with Crippen molar-refractivity contribution in [3.8, 4) is 0 Å². The fraction of sp³-hybridized carbons (Fsp3) is 0.0909. The lowest BCUT2D eigenvalue weighted by molar-refractivity contribution is -0.141. The van der Waals surface area contributed by atoms with Crippen LogP contribution in [0, 0.1) is 5.82 Å². The van der Waals surface area contributed by atoms with E-state index in [0.717, 1.165) is 12.1 Å². The second-order valence-electron chi connectivity index (χ2n) is 3.72. The van der Waals surface area contributed by atoms with Crippen LogP contribution in [0.25, 0.3) is 0 Å². The standard InChI is InChI=1S/C11H6ClF4N3O/c12-7-8(18-19-9(7)11(14,15)16)10(20)17-6-3-1-5(13)2-4-6/h1-4H,(H,17,20)(H,18,19). The number of carbonyl (C=O) groups is 1. The largest absolute Gasteiger partial charge is 0.434 e. The number of halogens is 5. The van der Waals surface area contributed by atoms with Gasteiger partial charge in [-0.1, -0.05) is 11.6 Å². The Morgan fingerprint density at radius 3 is 2.35 bits per heavy atom. The van der Waals surface area contributed by atoms with Gasteiger partial charge in [-0.15, -0.1) is 0 Å². The molecule has 0 radical (unpaired) electrons. The maximum Gasteiger partial charge on any atom is 0.434 e. The predicted molar refractivity (Wildman–Crippen MR) is 63.0 cm³/mol. The zero-order valence-corrected chi connectivity index (χ0v) is 10.3. The number of hydrogen-bond donors (Lipinski definition) is 2. The van der Waals surface area contributed by atoms with Crippen LogP contribution in [0.4, 0.5) is 23.2 Å². The number of amides is 1. The molecule has 0 atom stereocenters. The molecule has 2 aromatic rings. The molecule has 0 aliphatic carbocycles. The Labute approximate surface area is 114 Å². The monoisotopic (exact) mass is 307 g/mol. The summed E-state index contributed by atoms with van der Waals surface area (Å²) in [5.41, 5.74) is -1.70. The molecule has 0 bridgehead atoms. The molecule has 0 unspecified atom stereocenters. The number of nitrogens with zero attached hydrogens (tertiary/aromatic N) is 1. The van der Waals surface area contributed by atoms with E-state index >= 15 is 0 Å². The van der Waals surface area contributed by atoms with E-state index in [4.69, 9.17) is 11.6 Å². The SMILES string of the molecule is O=C(Nc1ccc(F)cc1)c1n[nH]c(C(F)(F)F)c1Cl. The van der Waals surface area contributed by atoms with E-state index in [2.05, 4.69) is 10.4 Å². The number of carbonyl (C=O) groups excluding carboxylic acids is 1. The van der Waals surface area contributed by atoms with Crippen LogP contribution in [-0.4, -0.2) is 16.1 Å². The number of anilines is 1. The molecule has 1 heterocycles. The van der Waals surface area contributed by atoms with Crippen LogP contribution in [0.15, 0.2) is 24.3 Å². The van der Waals surface area contributed by atoms with E-state index in [1.54, 1.807) is 5.10 Å². The summed E-state index contributed by atoms with van der Waals surface area (Å²) < 4.78 is 50.1. The smallest absolute Gasteiger partial charge is 0.321 e. The van der Waals surface area contributed by atoms with E-state index in [9.17, 15) is 22.4 Å². The highest BCUT2D eigenvalue weighted by atomic mass is 35.5. The Hall–Kier alpha value is -2.09. The van der Waals surface area contributed by atoms with Gasteiger partial charge in [-0.25, -0.2) is 4.39 Å². The van der Waals surface area contributed by atoms with E-state index in [1.165, 1.54) is 12.1 Å². The third kappa shape index (κ3) is 2.90. The summed E-state index contributed by atoms with van der Waals surface area (Å²) in [6.45, 7) is 0. The zero-order chi connectivity index (χ0) is 14.9. The first-order valence-corrected chi connectivity index (χ1v) is 5.55. The summed E-state index contributed by atoms with van der Waals surface area (Å²) in [5, 5.41) is 6.32. The van der Waals surface area contributed by atoms with Gasteiger partial charge in [0, 0.05) is 5.69 Å². The molecular formula is C11H6ClF4N3O. The van der Waals surface area contributed by atoms with Crippen LogP contribution in [0.3, 0.4) is 0 Å². The van der Waals surface area contributed by atoms with Gasteiger partial charge in [0.2, 0.25) is 0 Å². The number of rotatable bonds is 2. The van der Waals surface area contributed by atoms with Crippen LogP contribution in [0.5, 0.6) is 0 Å². The number of hydrogen-bond acceptors (Lipinski definition) is 2. The molecule has 0 saturated heterocycles. The minimum Gasteiger partial charge on any atom is -0.321 e. The fourth-order valence-electron chi connectivity index (χ4n) is 1.39. The van der Waals surface area contributed by atoms with Crippen molar-refractivity contribution in [3.63, 3.8) is 0 Å². The van der Waals surface area contributed by atoms with E-state index in [-0.39, 0.29) is 5.69 Å². The summed E-state index contributed by atoms with van der Waals surface area (Å²) in [5.74, 6) is -1.45. The predicted octanol–water partition coefficient (Wildman–Crippen LogP) is 3.47. The van der Waals surface area contributed by atoms with Gasteiger partial charge in [0.25, 0.3) is 5.91 Å². The van der Waals surface area contributed by atoms with Crippen LogP contribution < -0.4 is 5.32 Å². The van der Waals surface area contributed by atoms with E-state index in [0.29, 0.717) is 0 Å². The Bertz CT molecular complexity index is 636. The van der Waals surface area contributed by atoms with E-state index < -0.39 is 34.3 Å². The lowest BCUT2D eigenvalue weighted by Gasteiger charge is -2.04. The van der Waals surface area contributed by atoms with Gasteiger partial charge < -0.3 is 5.32 Å². The molecule has 20 heavy (non-hydrogen) atoms. The Kier molecular flexibility index (Phi) is 3.67. The van der Waals surface area contributed by atoms with Crippen molar-refractivity contribution >= 4 is 23.2 Å². The van der Waals surface area contributed by atoms with Crippen molar-refractivity contribution in [1.29, 1.82) is 0 Å². The molecule has 2 rings (SSSR count). The van der Waals surface area contributed by atoms with Gasteiger partial charge >= 0.3 is 6.18 Å². The second kappa shape index (κ2) is 5.12. The highest BCUT2D eigenvalue weighted by Crippen LogP contribution is 2.34. The molecule has 0 saturated carbocycles. The summed E-state index contributed by atoms with van der Waals surface area (Å²) in [6.07, 6.45) is -4.74. The number of benzene rings is 1. The molecule has 2 N–H and O–H groups in total. The van der Waals surface area contributed by atoms with Gasteiger partial charge in [-0.3, -0.25) is 9.89 Å². The lowest BCUT2D eigenvalue weighted by atomic mass is 10.3. The van der Waals surface area contributed by atoms with Gasteiger partial charge in [-0.05, 0) is 24.3 Å². The number of H-pyrrole nitrogens is 1. The molecular weight excluding hydrogens is 302 g/mol. The average Bonchev–Trinajstić information content (AvgIpc) is 2.74. The molecule has 1 aromatic heterocycles. The van der Waals surface area contributed by atoms with Crippen LogP contribution in [-0.2, 0) is 6.18 Å². The van der Waals surface area contributed by atoms with Crippen LogP contribution in [0.2, 0.25) is 5.02 Å². The molecule has 0 aliphatic rings. The Morgan fingerprint density at radius 1 is 1.25 bits per heavy atom. The topological polar surface area (TPSA) is 57.8 Å². The fourth-order valence-corrected chi connectivity index (χ4v) is 1.67. The number of nitrogens with one attached hydrogen (secondary N) is 2. The maximum absolute atomic E-state index is 12.7. The zero-order valence-electron chi connectivity index (χ0n) is 9.55. The summed E-state index contributed by atoms with van der Waals surface area (Å²) >= 11 is 5.46. The van der Waals surface area contributed by atoms with Crippen molar-refractivity contribution in [3.05, 3.63) is 46.5 Å². The first kappa shape index (κ1) is 14.3. The van der Waals surface area contributed by atoms with Gasteiger partial charge in [0.05, 0.1) is 0 Å². The molecule has 106 valence electrons. The quantitative estimate of drug-likeness (QED) is 0.835. The van der Waals surface area contributed by atoms with Gasteiger partial charge in [0.15, 0.2) is 11.4 Å². The highest BCUT2D eigenvalue weighted by molar-refractivity contribution is 6.34. The second-order valence-corrected chi connectivity index (χ2v) is 4.10. The molecule has 4 nitrogen and oxygen atoms in total. The number of aromatic nitrogens is 2. The number of alkyl halides is 3. The first-order chi connectivity index (χ1) is 9.29. The van der Waals surface area contributed by atoms with Gasteiger partial charge in [-0.2, -0.15) is 18.3 Å². The minimum absolute atomic E-state index is 0.198. The van der Waals surface area contributed by atoms with Crippen molar-refractivity contribution in [1.82, 2.24) is 10.2 Å².